The molecule has 2 aromatic carbocycles. The van der Waals surface area contributed by atoms with Crippen molar-refractivity contribution in [3.63, 3.8) is 0 Å². The molecule has 1 fully saturated rings. The van der Waals surface area contributed by atoms with Gasteiger partial charge in [0.25, 0.3) is 0 Å². The summed E-state index contributed by atoms with van der Waals surface area (Å²) in [6.45, 7) is 4.52. The van der Waals surface area contributed by atoms with Gasteiger partial charge in [0, 0.05) is 18.7 Å². The second-order valence-corrected chi connectivity index (χ2v) is 9.74. The van der Waals surface area contributed by atoms with E-state index in [4.69, 9.17) is 4.74 Å². The minimum absolute atomic E-state index is 0.114. The number of benzene rings is 2. The molecule has 30 heavy (non-hydrogen) atoms. The highest BCUT2D eigenvalue weighted by atomic mass is 32.2. The molecule has 160 valence electrons. The highest BCUT2D eigenvalue weighted by Crippen LogP contribution is 2.26. The molecule has 1 saturated heterocycles. The first-order chi connectivity index (χ1) is 14.2. The minimum Gasteiger partial charge on any atom is -0.454 e. The van der Waals surface area contributed by atoms with Crippen molar-refractivity contribution >= 4 is 21.8 Å². The molecule has 0 bridgehead atoms. The number of ketones is 1. The van der Waals surface area contributed by atoms with Gasteiger partial charge < -0.3 is 4.74 Å². The lowest BCUT2D eigenvalue weighted by Crippen LogP contribution is -2.42. The van der Waals surface area contributed by atoms with Gasteiger partial charge in [-0.2, -0.15) is 4.31 Å². The SMILES string of the molecule is C[C@H]1C[C@H](C)CN(S(=O)(=O)c2ccc(C(=O)OCC(=O)c3ccc(F)cc3)cc2)C1. The van der Waals surface area contributed by atoms with Crippen LogP contribution in [-0.2, 0) is 14.8 Å². The standard InChI is InChI=1S/C22H24FNO5S/c1-15-11-16(2)13-24(12-15)30(27,28)20-9-5-18(6-10-20)22(26)29-14-21(25)17-3-7-19(23)8-4-17/h3-10,15-16H,11-14H2,1-2H3/t15-,16-/m0/s1. The lowest BCUT2D eigenvalue weighted by Gasteiger charge is -2.34. The number of nitrogens with zero attached hydrogens (tertiary/aromatic N) is 1. The molecule has 0 radical (unpaired) electrons. The molecule has 1 aliphatic heterocycles. The first kappa shape index (κ1) is 22.1. The van der Waals surface area contributed by atoms with E-state index >= 15 is 0 Å². The van der Waals surface area contributed by atoms with Crippen molar-refractivity contribution in [1.82, 2.24) is 4.31 Å². The van der Waals surface area contributed by atoms with Crippen molar-refractivity contribution in [3.8, 4) is 0 Å². The Balaban J connectivity index is 1.64. The molecule has 0 spiro atoms. The van der Waals surface area contributed by atoms with E-state index in [0.29, 0.717) is 13.1 Å². The summed E-state index contributed by atoms with van der Waals surface area (Å²) in [4.78, 5) is 24.3. The van der Waals surface area contributed by atoms with Gasteiger partial charge in [-0.15, -0.1) is 0 Å². The van der Waals surface area contributed by atoms with Crippen LogP contribution in [0.3, 0.4) is 0 Å². The molecule has 1 aliphatic rings. The number of esters is 1. The van der Waals surface area contributed by atoms with Gasteiger partial charge in [0.2, 0.25) is 10.0 Å². The maximum absolute atomic E-state index is 12.9. The van der Waals surface area contributed by atoms with E-state index in [-0.39, 0.29) is 27.9 Å². The second-order valence-electron chi connectivity index (χ2n) is 7.80. The van der Waals surface area contributed by atoms with E-state index < -0.39 is 34.2 Å². The van der Waals surface area contributed by atoms with Gasteiger partial charge >= 0.3 is 5.97 Å². The first-order valence-corrected chi connectivity index (χ1v) is 11.2. The molecule has 0 N–H and O–H groups in total. The normalized spacial score (nSPS) is 20.0. The summed E-state index contributed by atoms with van der Waals surface area (Å²) in [5.74, 6) is -1.09. The fourth-order valence-corrected chi connectivity index (χ4v) is 5.33. The molecule has 0 unspecified atom stereocenters. The molecule has 6 nitrogen and oxygen atoms in total. The third kappa shape index (κ3) is 5.12. The summed E-state index contributed by atoms with van der Waals surface area (Å²) in [5, 5.41) is 0. The van der Waals surface area contributed by atoms with Gasteiger partial charge in [0.15, 0.2) is 12.4 Å². The van der Waals surface area contributed by atoms with E-state index in [1.165, 1.54) is 40.7 Å². The van der Waals surface area contributed by atoms with Gasteiger partial charge in [-0.25, -0.2) is 17.6 Å². The molecule has 0 saturated carbocycles. The number of rotatable bonds is 6. The van der Waals surface area contributed by atoms with Gasteiger partial charge in [-0.3, -0.25) is 4.79 Å². The Bertz CT molecular complexity index is 1010. The molecule has 1 heterocycles. The number of Topliss-reactive ketones (excluding diaryl/α,β-unsaturated/α-hetero) is 1. The Morgan fingerprint density at radius 1 is 0.967 bits per heavy atom. The van der Waals surface area contributed by atoms with Crippen LogP contribution in [0.15, 0.2) is 53.4 Å². The number of piperidine rings is 1. The lowest BCUT2D eigenvalue weighted by molar-refractivity contribution is 0.0474. The molecule has 2 aromatic rings. The van der Waals surface area contributed by atoms with Crippen LogP contribution in [0, 0.1) is 17.7 Å². The Hall–Kier alpha value is -2.58. The van der Waals surface area contributed by atoms with Gasteiger partial charge in [0.05, 0.1) is 10.5 Å². The quantitative estimate of drug-likeness (QED) is 0.514. The highest BCUT2D eigenvalue weighted by Gasteiger charge is 2.31. The summed E-state index contributed by atoms with van der Waals surface area (Å²) in [6, 6.07) is 10.4. The third-order valence-corrected chi connectivity index (χ3v) is 6.91. The largest absolute Gasteiger partial charge is 0.454 e. The van der Waals surface area contributed by atoms with Crippen molar-refractivity contribution in [2.24, 2.45) is 11.8 Å². The van der Waals surface area contributed by atoms with Crippen molar-refractivity contribution in [1.29, 1.82) is 0 Å². The number of carbonyl (C=O) groups excluding carboxylic acids is 2. The summed E-state index contributed by atoms with van der Waals surface area (Å²) in [5.41, 5.74) is 0.372. The van der Waals surface area contributed by atoms with Crippen molar-refractivity contribution < 1.29 is 27.1 Å². The first-order valence-electron chi connectivity index (χ1n) is 9.73. The van der Waals surface area contributed by atoms with Crippen LogP contribution >= 0.6 is 0 Å². The molecule has 3 rings (SSSR count). The third-order valence-electron chi connectivity index (χ3n) is 5.06. The number of hydrogen-bond donors (Lipinski definition) is 0. The predicted octanol–water partition coefficient (Wildman–Crippen LogP) is 3.53. The fourth-order valence-electron chi connectivity index (χ4n) is 3.65. The molecule has 0 amide bonds. The van der Waals surface area contributed by atoms with Crippen LogP contribution in [0.25, 0.3) is 0 Å². The predicted molar refractivity (Wildman–Crippen MR) is 109 cm³/mol. The smallest absolute Gasteiger partial charge is 0.338 e. The maximum atomic E-state index is 12.9. The average Bonchev–Trinajstić information content (AvgIpc) is 2.71. The summed E-state index contributed by atoms with van der Waals surface area (Å²) in [7, 11) is -3.64. The summed E-state index contributed by atoms with van der Waals surface area (Å²) < 4.78 is 45.2. The van der Waals surface area contributed by atoms with Crippen molar-refractivity contribution in [2.45, 2.75) is 25.2 Å². The Kier molecular flexibility index (Phi) is 6.67. The number of sulfonamides is 1. The topological polar surface area (TPSA) is 80.8 Å². The molecular formula is C22H24FNO5S. The fraction of sp³-hybridized carbons (Fsp3) is 0.364. The van der Waals surface area contributed by atoms with Crippen LogP contribution in [0.4, 0.5) is 4.39 Å². The van der Waals surface area contributed by atoms with Gasteiger partial charge in [-0.1, -0.05) is 13.8 Å². The molecule has 2 atom stereocenters. The van der Waals surface area contributed by atoms with Crippen LogP contribution < -0.4 is 0 Å². The molecular weight excluding hydrogens is 409 g/mol. The van der Waals surface area contributed by atoms with Crippen LogP contribution in [0.1, 0.15) is 41.0 Å². The Morgan fingerprint density at radius 2 is 1.50 bits per heavy atom. The van der Waals surface area contributed by atoms with E-state index in [0.717, 1.165) is 18.6 Å². The molecule has 8 heteroatoms. The molecule has 0 aromatic heterocycles. The maximum Gasteiger partial charge on any atom is 0.338 e. The zero-order valence-electron chi connectivity index (χ0n) is 16.9. The zero-order chi connectivity index (χ0) is 21.9. The monoisotopic (exact) mass is 433 g/mol. The van der Waals surface area contributed by atoms with Crippen LogP contribution in [0.5, 0.6) is 0 Å². The number of ether oxygens (including phenoxy) is 1. The number of carbonyl (C=O) groups is 2. The zero-order valence-corrected chi connectivity index (χ0v) is 17.7. The van der Waals surface area contributed by atoms with Crippen LogP contribution in [0.2, 0.25) is 0 Å². The highest BCUT2D eigenvalue weighted by molar-refractivity contribution is 7.89. The Morgan fingerprint density at radius 3 is 2.07 bits per heavy atom. The molecule has 0 aliphatic carbocycles. The lowest BCUT2D eigenvalue weighted by atomic mass is 9.94. The van der Waals surface area contributed by atoms with E-state index in [1.807, 2.05) is 13.8 Å². The van der Waals surface area contributed by atoms with E-state index in [9.17, 15) is 22.4 Å². The van der Waals surface area contributed by atoms with E-state index in [2.05, 4.69) is 0 Å². The number of halogens is 1. The second kappa shape index (κ2) is 9.06. The average molecular weight is 434 g/mol. The Labute approximate surface area is 175 Å². The van der Waals surface area contributed by atoms with Gasteiger partial charge in [0.1, 0.15) is 5.82 Å². The van der Waals surface area contributed by atoms with Crippen molar-refractivity contribution in [3.05, 3.63) is 65.5 Å². The number of hydrogen-bond acceptors (Lipinski definition) is 5. The summed E-state index contributed by atoms with van der Waals surface area (Å²) in [6.07, 6.45) is 0.993. The van der Waals surface area contributed by atoms with Crippen molar-refractivity contribution in [2.75, 3.05) is 19.7 Å². The van der Waals surface area contributed by atoms with Gasteiger partial charge in [-0.05, 0) is 66.8 Å². The van der Waals surface area contributed by atoms with E-state index in [1.54, 1.807) is 0 Å². The summed E-state index contributed by atoms with van der Waals surface area (Å²) >= 11 is 0. The minimum atomic E-state index is -3.64. The van der Waals surface area contributed by atoms with Crippen LogP contribution in [-0.4, -0.2) is 44.2 Å².